The zero-order chi connectivity index (χ0) is 44.4. The molecular formula is C55H100O6. The molecule has 1 atom stereocenters. The minimum absolute atomic E-state index is 0.0798. The summed E-state index contributed by atoms with van der Waals surface area (Å²) in [7, 11) is 0. The van der Waals surface area contributed by atoms with E-state index < -0.39 is 6.10 Å². The summed E-state index contributed by atoms with van der Waals surface area (Å²) in [4.78, 5) is 37.9. The predicted molar refractivity (Wildman–Crippen MR) is 261 cm³/mol. The van der Waals surface area contributed by atoms with Gasteiger partial charge >= 0.3 is 17.9 Å². The standard InChI is InChI=1S/C55H100O6/c1-4-7-10-13-16-19-22-24-25-26-27-28-29-31-33-36-39-42-45-48-54(57)60-51-52(50-59-53(56)47-44-41-38-35-32-21-18-15-12-9-6-3)61-55(58)49-46-43-40-37-34-30-23-20-17-14-11-8-5-2/h8,11,17,20,30,34,52H,4-7,9-10,12-16,18-19,21-29,31-33,35-51H2,1-3H3/b11-8-,20-17-,34-30-. The Kier molecular flexibility index (Phi) is 48.3. The fourth-order valence-electron chi connectivity index (χ4n) is 7.69. The van der Waals surface area contributed by atoms with Crippen molar-refractivity contribution in [1.82, 2.24) is 0 Å². The van der Waals surface area contributed by atoms with Crippen LogP contribution in [0.2, 0.25) is 0 Å². The number of ether oxygens (including phenoxy) is 3. The highest BCUT2D eigenvalue weighted by Crippen LogP contribution is 2.16. The van der Waals surface area contributed by atoms with Crippen molar-refractivity contribution < 1.29 is 28.6 Å². The molecule has 6 heteroatoms. The third kappa shape index (κ3) is 48.5. The largest absolute Gasteiger partial charge is 0.462 e. The van der Waals surface area contributed by atoms with Gasteiger partial charge in [-0.2, -0.15) is 0 Å². The minimum atomic E-state index is -0.781. The highest BCUT2D eigenvalue weighted by Gasteiger charge is 2.19. The molecule has 6 nitrogen and oxygen atoms in total. The number of unbranched alkanes of at least 4 members (excludes halogenated alkanes) is 31. The number of esters is 3. The van der Waals surface area contributed by atoms with Gasteiger partial charge in [-0.3, -0.25) is 14.4 Å². The Bertz CT molecular complexity index is 1030. The maximum absolute atomic E-state index is 12.8. The van der Waals surface area contributed by atoms with Gasteiger partial charge in [0.1, 0.15) is 13.2 Å². The van der Waals surface area contributed by atoms with Crippen LogP contribution in [0.25, 0.3) is 0 Å². The van der Waals surface area contributed by atoms with Gasteiger partial charge in [0.15, 0.2) is 6.10 Å². The van der Waals surface area contributed by atoms with Crippen LogP contribution in [-0.4, -0.2) is 37.2 Å². The lowest BCUT2D eigenvalue weighted by Gasteiger charge is -2.18. The van der Waals surface area contributed by atoms with Crippen LogP contribution in [0.4, 0.5) is 0 Å². The van der Waals surface area contributed by atoms with Gasteiger partial charge in [0.05, 0.1) is 0 Å². The highest BCUT2D eigenvalue weighted by molar-refractivity contribution is 5.71. The Morgan fingerprint density at radius 2 is 0.639 bits per heavy atom. The van der Waals surface area contributed by atoms with E-state index in [1.165, 1.54) is 154 Å². The van der Waals surface area contributed by atoms with Crippen LogP contribution in [0.15, 0.2) is 36.5 Å². The average molecular weight is 857 g/mol. The molecule has 61 heavy (non-hydrogen) atoms. The normalized spacial score (nSPS) is 12.2. The van der Waals surface area contributed by atoms with Gasteiger partial charge in [0.25, 0.3) is 0 Å². The second kappa shape index (κ2) is 50.3. The van der Waals surface area contributed by atoms with Crippen LogP contribution < -0.4 is 0 Å². The van der Waals surface area contributed by atoms with E-state index in [-0.39, 0.29) is 31.1 Å². The van der Waals surface area contributed by atoms with E-state index in [1.807, 2.05) is 0 Å². The summed E-state index contributed by atoms with van der Waals surface area (Å²) in [5, 5.41) is 0. The molecule has 356 valence electrons. The molecule has 0 saturated carbocycles. The number of rotatable bonds is 48. The van der Waals surface area contributed by atoms with Crippen molar-refractivity contribution in [2.75, 3.05) is 13.2 Å². The molecule has 0 aromatic heterocycles. The molecule has 0 bridgehead atoms. The zero-order valence-electron chi connectivity index (χ0n) is 40.7. The second-order valence-electron chi connectivity index (χ2n) is 17.8. The lowest BCUT2D eigenvalue weighted by Crippen LogP contribution is -2.30. The van der Waals surface area contributed by atoms with Crippen molar-refractivity contribution in [3.8, 4) is 0 Å². The van der Waals surface area contributed by atoms with E-state index in [2.05, 4.69) is 57.2 Å². The van der Waals surface area contributed by atoms with Crippen molar-refractivity contribution in [1.29, 1.82) is 0 Å². The van der Waals surface area contributed by atoms with Crippen molar-refractivity contribution in [3.05, 3.63) is 36.5 Å². The summed E-state index contributed by atoms with van der Waals surface area (Å²) < 4.78 is 16.8. The summed E-state index contributed by atoms with van der Waals surface area (Å²) in [6.45, 7) is 6.52. The molecule has 0 heterocycles. The van der Waals surface area contributed by atoms with E-state index in [4.69, 9.17) is 14.2 Å². The van der Waals surface area contributed by atoms with E-state index in [1.54, 1.807) is 0 Å². The molecule has 0 aromatic carbocycles. The molecule has 0 amide bonds. The third-order valence-corrected chi connectivity index (χ3v) is 11.7. The van der Waals surface area contributed by atoms with Gasteiger partial charge in [-0.25, -0.2) is 0 Å². The van der Waals surface area contributed by atoms with Gasteiger partial charge in [-0.05, 0) is 51.4 Å². The summed E-state index contributed by atoms with van der Waals surface area (Å²) in [6, 6.07) is 0. The molecule has 0 spiro atoms. The Hall–Kier alpha value is -2.37. The Balaban J connectivity index is 4.30. The molecule has 0 N–H and O–H groups in total. The molecule has 0 aromatic rings. The van der Waals surface area contributed by atoms with Crippen LogP contribution in [0.1, 0.15) is 278 Å². The number of allylic oxidation sites excluding steroid dienone is 6. The number of hydrogen-bond donors (Lipinski definition) is 0. The van der Waals surface area contributed by atoms with Crippen molar-refractivity contribution in [2.45, 2.75) is 284 Å². The quantitative estimate of drug-likeness (QED) is 0.0262. The molecule has 0 aliphatic heterocycles. The Morgan fingerprint density at radius 3 is 1.00 bits per heavy atom. The van der Waals surface area contributed by atoms with Gasteiger partial charge in [0, 0.05) is 19.3 Å². The first kappa shape index (κ1) is 58.6. The van der Waals surface area contributed by atoms with Gasteiger partial charge in [-0.1, -0.05) is 243 Å². The van der Waals surface area contributed by atoms with E-state index in [9.17, 15) is 14.4 Å². The summed E-state index contributed by atoms with van der Waals surface area (Å²) in [5.41, 5.74) is 0. The fraction of sp³-hybridized carbons (Fsp3) is 0.836. The summed E-state index contributed by atoms with van der Waals surface area (Å²) in [5.74, 6) is -0.898. The first-order valence-electron chi connectivity index (χ1n) is 26.5. The van der Waals surface area contributed by atoms with Crippen LogP contribution in [0.3, 0.4) is 0 Å². The first-order valence-corrected chi connectivity index (χ1v) is 26.5. The van der Waals surface area contributed by atoms with E-state index in [0.717, 1.165) is 83.5 Å². The van der Waals surface area contributed by atoms with Crippen LogP contribution in [0.5, 0.6) is 0 Å². The molecule has 0 saturated heterocycles. The van der Waals surface area contributed by atoms with Gasteiger partial charge in [-0.15, -0.1) is 0 Å². The molecule has 1 unspecified atom stereocenters. The smallest absolute Gasteiger partial charge is 0.306 e. The third-order valence-electron chi connectivity index (χ3n) is 11.7. The predicted octanol–water partition coefficient (Wildman–Crippen LogP) is 17.3. The number of hydrogen-bond acceptors (Lipinski definition) is 6. The van der Waals surface area contributed by atoms with Crippen LogP contribution >= 0.6 is 0 Å². The number of carbonyl (C=O) groups excluding carboxylic acids is 3. The molecule has 0 aliphatic rings. The van der Waals surface area contributed by atoms with Crippen molar-refractivity contribution >= 4 is 17.9 Å². The molecule has 0 radical (unpaired) electrons. The number of carbonyl (C=O) groups is 3. The van der Waals surface area contributed by atoms with Gasteiger partial charge in [0.2, 0.25) is 0 Å². The maximum Gasteiger partial charge on any atom is 0.306 e. The van der Waals surface area contributed by atoms with Crippen molar-refractivity contribution in [3.63, 3.8) is 0 Å². The lowest BCUT2D eigenvalue weighted by molar-refractivity contribution is -0.167. The fourth-order valence-corrected chi connectivity index (χ4v) is 7.69. The maximum atomic E-state index is 12.8. The minimum Gasteiger partial charge on any atom is -0.462 e. The van der Waals surface area contributed by atoms with Crippen molar-refractivity contribution in [2.24, 2.45) is 0 Å². The van der Waals surface area contributed by atoms with E-state index in [0.29, 0.717) is 19.3 Å². The average Bonchev–Trinajstić information content (AvgIpc) is 3.26. The monoisotopic (exact) mass is 857 g/mol. The Morgan fingerprint density at radius 1 is 0.344 bits per heavy atom. The molecule has 0 aliphatic carbocycles. The molecule has 0 fully saturated rings. The topological polar surface area (TPSA) is 78.9 Å². The van der Waals surface area contributed by atoms with Crippen LogP contribution in [0, 0.1) is 0 Å². The molecule has 0 rings (SSSR count). The lowest BCUT2D eigenvalue weighted by atomic mass is 10.0. The van der Waals surface area contributed by atoms with Crippen LogP contribution in [-0.2, 0) is 28.6 Å². The first-order chi connectivity index (χ1) is 30.0. The molecular weight excluding hydrogens is 757 g/mol. The Labute approximate surface area is 378 Å². The van der Waals surface area contributed by atoms with Gasteiger partial charge < -0.3 is 14.2 Å². The zero-order valence-corrected chi connectivity index (χ0v) is 40.7. The summed E-state index contributed by atoms with van der Waals surface area (Å²) >= 11 is 0. The SMILES string of the molecule is CC/C=C\C/C=C\C/C=C\CCCCCC(=O)OC(COC(=O)CCCCCCCCCCCCC)COC(=O)CCCCCCCCCCCCCCCCCCCCC. The highest BCUT2D eigenvalue weighted by atomic mass is 16.6. The summed E-state index contributed by atoms with van der Waals surface area (Å²) in [6.07, 6.45) is 58.5. The van der Waals surface area contributed by atoms with E-state index >= 15 is 0 Å². The second-order valence-corrected chi connectivity index (χ2v) is 17.8.